The van der Waals surface area contributed by atoms with Gasteiger partial charge in [0.25, 0.3) is 0 Å². The molecule has 0 aromatic heterocycles. The second kappa shape index (κ2) is 4.65. The van der Waals surface area contributed by atoms with Crippen LogP contribution in [0, 0.1) is 0 Å². The number of esters is 1. The Kier molecular flexibility index (Phi) is 2.85. The van der Waals surface area contributed by atoms with Gasteiger partial charge in [-0.15, -0.1) is 0 Å². The van der Waals surface area contributed by atoms with Crippen molar-refractivity contribution in [2.75, 3.05) is 0 Å². The zero-order valence-corrected chi connectivity index (χ0v) is 9.95. The largest absolute Gasteiger partial charge is 0.458 e. The first-order valence-corrected chi connectivity index (χ1v) is 6.15. The number of benzene rings is 2. The maximum absolute atomic E-state index is 11.8. The molecule has 0 amide bonds. The van der Waals surface area contributed by atoms with Gasteiger partial charge in [-0.3, -0.25) is 0 Å². The molecule has 0 N–H and O–H groups in total. The Bertz CT molecular complexity index is 534. The molecule has 0 radical (unpaired) electrons. The minimum absolute atomic E-state index is 0.0418. The zero-order valence-electron chi connectivity index (χ0n) is 9.95. The van der Waals surface area contributed by atoms with E-state index in [-0.39, 0.29) is 12.1 Å². The summed E-state index contributed by atoms with van der Waals surface area (Å²) in [5, 5.41) is 0. The molecule has 2 heteroatoms. The molecule has 2 nitrogen and oxygen atoms in total. The Hall–Kier alpha value is -2.09. The van der Waals surface area contributed by atoms with Crippen molar-refractivity contribution in [2.45, 2.75) is 18.4 Å². The van der Waals surface area contributed by atoms with E-state index in [0.29, 0.717) is 11.5 Å². The molecular weight excluding hydrogens is 224 g/mol. The van der Waals surface area contributed by atoms with E-state index in [0.717, 1.165) is 6.42 Å². The fourth-order valence-corrected chi connectivity index (χ4v) is 2.13. The average Bonchev–Trinajstić information content (AvgIpc) is 3.20. The van der Waals surface area contributed by atoms with Crippen molar-refractivity contribution in [3.63, 3.8) is 0 Å². The van der Waals surface area contributed by atoms with Gasteiger partial charge in [-0.05, 0) is 24.1 Å². The summed E-state index contributed by atoms with van der Waals surface area (Å²) in [6.45, 7) is 0. The fourth-order valence-electron chi connectivity index (χ4n) is 2.13. The van der Waals surface area contributed by atoms with Crippen molar-refractivity contribution in [3.05, 3.63) is 71.8 Å². The molecule has 3 rings (SSSR count). The molecule has 0 heterocycles. The zero-order chi connectivity index (χ0) is 12.4. The number of carbonyl (C=O) groups excluding carboxylic acids is 1. The summed E-state index contributed by atoms with van der Waals surface area (Å²) in [7, 11) is 0. The molecule has 0 bridgehead atoms. The lowest BCUT2D eigenvalue weighted by atomic mass is 10.1. The van der Waals surface area contributed by atoms with Crippen LogP contribution in [0.25, 0.3) is 0 Å². The average molecular weight is 238 g/mol. The minimum Gasteiger partial charge on any atom is -0.458 e. The van der Waals surface area contributed by atoms with E-state index in [4.69, 9.17) is 4.74 Å². The second-order valence-corrected chi connectivity index (χ2v) is 4.56. The van der Waals surface area contributed by atoms with Crippen molar-refractivity contribution >= 4 is 5.97 Å². The van der Waals surface area contributed by atoms with Crippen LogP contribution >= 0.6 is 0 Å². The van der Waals surface area contributed by atoms with Gasteiger partial charge in [-0.25, -0.2) is 4.79 Å². The van der Waals surface area contributed by atoms with Crippen LogP contribution in [0.15, 0.2) is 60.7 Å². The Labute approximate surface area is 106 Å². The van der Waals surface area contributed by atoms with Crippen molar-refractivity contribution in [1.82, 2.24) is 0 Å². The van der Waals surface area contributed by atoms with Gasteiger partial charge in [0.15, 0.2) is 0 Å². The molecular formula is C16H14O2. The summed E-state index contributed by atoms with van der Waals surface area (Å²) in [5.41, 5.74) is 1.87. The van der Waals surface area contributed by atoms with Crippen LogP contribution < -0.4 is 0 Å². The van der Waals surface area contributed by atoms with Gasteiger partial charge in [-0.1, -0.05) is 48.5 Å². The molecule has 1 aliphatic rings. The molecule has 1 aliphatic carbocycles. The van der Waals surface area contributed by atoms with E-state index in [9.17, 15) is 4.79 Å². The first-order valence-electron chi connectivity index (χ1n) is 6.15. The number of ether oxygens (including phenoxy) is 1. The lowest BCUT2D eigenvalue weighted by Gasteiger charge is -2.04. The Morgan fingerprint density at radius 3 is 2.22 bits per heavy atom. The monoisotopic (exact) mass is 238 g/mol. The van der Waals surface area contributed by atoms with E-state index in [2.05, 4.69) is 12.1 Å². The Morgan fingerprint density at radius 2 is 1.56 bits per heavy atom. The van der Waals surface area contributed by atoms with Crippen molar-refractivity contribution < 1.29 is 9.53 Å². The summed E-state index contributed by atoms with van der Waals surface area (Å²) in [6, 6.07) is 19.3. The quantitative estimate of drug-likeness (QED) is 0.766. The molecule has 2 atom stereocenters. The van der Waals surface area contributed by atoms with E-state index < -0.39 is 0 Å². The van der Waals surface area contributed by atoms with Crippen LogP contribution in [0.4, 0.5) is 0 Å². The highest BCUT2D eigenvalue weighted by Gasteiger charge is 2.41. The topological polar surface area (TPSA) is 26.3 Å². The van der Waals surface area contributed by atoms with Crippen molar-refractivity contribution in [1.29, 1.82) is 0 Å². The van der Waals surface area contributed by atoms with E-state index in [1.54, 1.807) is 12.1 Å². The van der Waals surface area contributed by atoms with Crippen LogP contribution in [0.1, 0.15) is 28.3 Å². The van der Waals surface area contributed by atoms with Gasteiger partial charge in [-0.2, -0.15) is 0 Å². The molecule has 0 saturated heterocycles. The second-order valence-electron chi connectivity index (χ2n) is 4.56. The van der Waals surface area contributed by atoms with E-state index in [1.807, 2.05) is 36.4 Å². The first kappa shape index (κ1) is 11.0. The van der Waals surface area contributed by atoms with Crippen LogP contribution in [0.2, 0.25) is 0 Å². The smallest absolute Gasteiger partial charge is 0.338 e. The van der Waals surface area contributed by atoms with Crippen molar-refractivity contribution in [3.8, 4) is 0 Å². The summed E-state index contributed by atoms with van der Waals surface area (Å²) < 4.78 is 5.48. The van der Waals surface area contributed by atoms with Crippen LogP contribution in [-0.4, -0.2) is 12.1 Å². The van der Waals surface area contributed by atoms with Crippen LogP contribution in [0.3, 0.4) is 0 Å². The first-order chi connectivity index (χ1) is 8.84. The van der Waals surface area contributed by atoms with Gasteiger partial charge in [0.1, 0.15) is 6.10 Å². The highest BCUT2D eigenvalue weighted by atomic mass is 16.5. The third kappa shape index (κ3) is 2.28. The maximum Gasteiger partial charge on any atom is 0.338 e. The summed E-state index contributed by atoms with van der Waals surface area (Å²) >= 11 is 0. The summed E-state index contributed by atoms with van der Waals surface area (Å²) in [6.07, 6.45) is 0.975. The normalized spacial score (nSPS) is 21.3. The van der Waals surface area contributed by atoms with Gasteiger partial charge in [0.2, 0.25) is 0 Å². The van der Waals surface area contributed by atoms with E-state index in [1.165, 1.54) is 5.56 Å². The lowest BCUT2D eigenvalue weighted by molar-refractivity contribution is 0.0464. The molecule has 0 aliphatic heterocycles. The third-order valence-electron chi connectivity index (χ3n) is 3.23. The molecule has 18 heavy (non-hydrogen) atoms. The number of hydrogen-bond acceptors (Lipinski definition) is 2. The molecule has 1 saturated carbocycles. The molecule has 90 valence electrons. The lowest BCUT2D eigenvalue weighted by Crippen LogP contribution is -2.07. The summed E-state index contributed by atoms with van der Waals surface area (Å²) in [4.78, 5) is 11.8. The standard InChI is InChI=1S/C16H14O2/c17-16(13-9-5-2-6-10-13)18-15-11-14(15)12-7-3-1-4-8-12/h1-10,14-15H,11H2/t14-,15-/m1/s1. The Balaban J connectivity index is 1.62. The fraction of sp³-hybridized carbons (Fsp3) is 0.188. The number of rotatable bonds is 3. The predicted octanol–water partition coefficient (Wildman–Crippen LogP) is 3.40. The minimum atomic E-state index is -0.223. The SMILES string of the molecule is O=C(O[C@@H]1C[C@@H]1c1ccccc1)c1ccccc1. The highest BCUT2D eigenvalue weighted by Crippen LogP contribution is 2.43. The van der Waals surface area contributed by atoms with Crippen molar-refractivity contribution in [2.24, 2.45) is 0 Å². The molecule has 2 aromatic carbocycles. The molecule has 0 unspecified atom stereocenters. The summed E-state index contributed by atoms with van der Waals surface area (Å²) in [5.74, 6) is 0.151. The van der Waals surface area contributed by atoms with Gasteiger partial charge in [0, 0.05) is 5.92 Å². The highest BCUT2D eigenvalue weighted by molar-refractivity contribution is 5.89. The van der Waals surface area contributed by atoms with Gasteiger partial charge >= 0.3 is 5.97 Å². The number of carbonyl (C=O) groups is 1. The van der Waals surface area contributed by atoms with Crippen LogP contribution in [0.5, 0.6) is 0 Å². The van der Waals surface area contributed by atoms with Gasteiger partial charge in [0.05, 0.1) is 5.56 Å². The van der Waals surface area contributed by atoms with Gasteiger partial charge < -0.3 is 4.74 Å². The Morgan fingerprint density at radius 1 is 0.944 bits per heavy atom. The van der Waals surface area contributed by atoms with Crippen LogP contribution in [-0.2, 0) is 4.74 Å². The molecule has 0 spiro atoms. The van der Waals surface area contributed by atoms with E-state index >= 15 is 0 Å². The maximum atomic E-state index is 11.8. The number of hydrogen-bond donors (Lipinski definition) is 0. The predicted molar refractivity (Wildman–Crippen MR) is 69.4 cm³/mol. The molecule has 2 aromatic rings. The molecule has 1 fully saturated rings. The third-order valence-corrected chi connectivity index (χ3v) is 3.23.